The largest absolute Gasteiger partial charge is 0.495 e. The Morgan fingerprint density at radius 2 is 2.00 bits per heavy atom. The number of hydrogen-bond acceptors (Lipinski definition) is 3. The van der Waals surface area contributed by atoms with E-state index in [1.807, 2.05) is 6.20 Å². The minimum absolute atomic E-state index is 0.189. The topological polar surface area (TPSA) is 34.1 Å². The highest BCUT2D eigenvalue weighted by Gasteiger charge is 2.27. The molecular weight excluding hydrogens is 248 g/mol. The molecule has 2 unspecified atom stereocenters. The van der Waals surface area contributed by atoms with Gasteiger partial charge >= 0.3 is 0 Å². The fraction of sp³-hybridized carbons (Fsp3) is 0.706. The summed E-state index contributed by atoms with van der Waals surface area (Å²) in [6.07, 6.45) is 9.06. The van der Waals surface area contributed by atoms with Crippen LogP contribution in [0.5, 0.6) is 5.75 Å². The maximum Gasteiger partial charge on any atom is 0.137 e. The van der Waals surface area contributed by atoms with Gasteiger partial charge in [-0.25, -0.2) is 0 Å². The number of nitrogens with one attached hydrogen (secondary N) is 1. The highest BCUT2D eigenvalue weighted by atomic mass is 16.5. The summed E-state index contributed by atoms with van der Waals surface area (Å²) >= 11 is 0. The SMILES string of the molecule is COc1cncc(C2CCCCC2CNC(C)(C)C)c1. The number of rotatable bonds is 4. The number of pyridine rings is 1. The van der Waals surface area contributed by atoms with Crippen LogP contribution in [-0.4, -0.2) is 24.2 Å². The number of nitrogens with zero attached hydrogens (tertiary/aromatic N) is 1. The Balaban J connectivity index is 2.09. The zero-order valence-corrected chi connectivity index (χ0v) is 13.3. The van der Waals surface area contributed by atoms with Gasteiger partial charge in [0.1, 0.15) is 5.75 Å². The van der Waals surface area contributed by atoms with Gasteiger partial charge in [-0.05, 0) is 63.6 Å². The summed E-state index contributed by atoms with van der Waals surface area (Å²) in [5.41, 5.74) is 1.53. The van der Waals surface area contributed by atoms with Gasteiger partial charge in [0.2, 0.25) is 0 Å². The van der Waals surface area contributed by atoms with Crippen molar-refractivity contribution in [2.24, 2.45) is 5.92 Å². The monoisotopic (exact) mass is 276 g/mol. The highest BCUT2D eigenvalue weighted by molar-refractivity contribution is 5.27. The van der Waals surface area contributed by atoms with E-state index in [1.54, 1.807) is 13.3 Å². The maximum atomic E-state index is 5.32. The van der Waals surface area contributed by atoms with Gasteiger partial charge in [0.25, 0.3) is 0 Å². The summed E-state index contributed by atoms with van der Waals surface area (Å²) in [6, 6.07) is 2.16. The van der Waals surface area contributed by atoms with Crippen molar-refractivity contribution >= 4 is 0 Å². The van der Waals surface area contributed by atoms with Crippen molar-refractivity contribution in [3.05, 3.63) is 24.0 Å². The van der Waals surface area contributed by atoms with E-state index in [4.69, 9.17) is 4.74 Å². The van der Waals surface area contributed by atoms with Gasteiger partial charge < -0.3 is 10.1 Å². The zero-order valence-electron chi connectivity index (χ0n) is 13.3. The molecule has 0 aliphatic heterocycles. The van der Waals surface area contributed by atoms with Crippen LogP contribution in [0.3, 0.4) is 0 Å². The minimum Gasteiger partial charge on any atom is -0.495 e. The van der Waals surface area contributed by atoms with E-state index in [-0.39, 0.29) is 5.54 Å². The molecule has 0 bridgehead atoms. The lowest BCUT2D eigenvalue weighted by Gasteiger charge is -2.34. The maximum absolute atomic E-state index is 5.32. The average molecular weight is 276 g/mol. The molecular formula is C17H28N2O. The first-order valence-corrected chi connectivity index (χ1v) is 7.73. The standard InChI is InChI=1S/C17H28N2O/c1-17(2,3)19-11-13-7-5-6-8-16(13)14-9-15(20-4)12-18-10-14/h9-10,12-13,16,19H,5-8,11H2,1-4H3. The summed E-state index contributed by atoms with van der Waals surface area (Å²) in [5, 5.41) is 3.67. The third kappa shape index (κ3) is 4.20. The lowest BCUT2D eigenvalue weighted by Crippen LogP contribution is -2.41. The molecule has 1 N–H and O–H groups in total. The van der Waals surface area contributed by atoms with Crippen LogP contribution in [0.1, 0.15) is 57.9 Å². The Morgan fingerprint density at radius 3 is 2.70 bits per heavy atom. The van der Waals surface area contributed by atoms with Crippen LogP contribution in [0, 0.1) is 5.92 Å². The first-order valence-electron chi connectivity index (χ1n) is 7.73. The molecule has 20 heavy (non-hydrogen) atoms. The number of methoxy groups -OCH3 is 1. The fourth-order valence-corrected chi connectivity index (χ4v) is 3.08. The molecule has 0 spiro atoms. The molecule has 0 amide bonds. The van der Waals surface area contributed by atoms with E-state index in [0.717, 1.165) is 12.3 Å². The first-order chi connectivity index (χ1) is 9.49. The Bertz CT molecular complexity index is 425. The molecule has 1 saturated carbocycles. The molecule has 1 heterocycles. The van der Waals surface area contributed by atoms with E-state index >= 15 is 0 Å². The summed E-state index contributed by atoms with van der Waals surface area (Å²) in [4.78, 5) is 4.33. The molecule has 1 aliphatic carbocycles. The van der Waals surface area contributed by atoms with Crippen LogP contribution in [0.25, 0.3) is 0 Å². The summed E-state index contributed by atoms with van der Waals surface area (Å²) in [6.45, 7) is 7.79. The predicted molar refractivity (Wildman–Crippen MR) is 83.2 cm³/mol. The van der Waals surface area contributed by atoms with Crippen LogP contribution in [0.4, 0.5) is 0 Å². The second kappa shape index (κ2) is 6.57. The van der Waals surface area contributed by atoms with Gasteiger partial charge in [-0.3, -0.25) is 4.98 Å². The molecule has 1 fully saturated rings. The van der Waals surface area contributed by atoms with Crippen molar-refractivity contribution in [2.75, 3.05) is 13.7 Å². The molecule has 3 nitrogen and oxygen atoms in total. The van der Waals surface area contributed by atoms with Crippen molar-refractivity contribution < 1.29 is 4.74 Å². The molecule has 0 saturated heterocycles. The Morgan fingerprint density at radius 1 is 1.25 bits per heavy atom. The quantitative estimate of drug-likeness (QED) is 0.909. The van der Waals surface area contributed by atoms with E-state index in [2.05, 4.69) is 37.1 Å². The third-order valence-corrected chi connectivity index (χ3v) is 4.20. The van der Waals surface area contributed by atoms with E-state index in [1.165, 1.54) is 31.2 Å². The second-order valence-electron chi connectivity index (χ2n) is 6.94. The lowest BCUT2D eigenvalue weighted by atomic mass is 9.75. The van der Waals surface area contributed by atoms with E-state index in [0.29, 0.717) is 11.8 Å². The van der Waals surface area contributed by atoms with Gasteiger partial charge in [0.05, 0.1) is 13.3 Å². The van der Waals surface area contributed by atoms with Gasteiger partial charge in [-0.1, -0.05) is 12.8 Å². The van der Waals surface area contributed by atoms with Gasteiger partial charge in [0.15, 0.2) is 0 Å². The lowest BCUT2D eigenvalue weighted by molar-refractivity contribution is 0.268. The summed E-state index contributed by atoms with van der Waals surface area (Å²) < 4.78 is 5.32. The third-order valence-electron chi connectivity index (χ3n) is 4.20. The van der Waals surface area contributed by atoms with Gasteiger partial charge in [0, 0.05) is 11.7 Å². The molecule has 2 atom stereocenters. The van der Waals surface area contributed by atoms with E-state index in [9.17, 15) is 0 Å². The average Bonchev–Trinajstić information content (AvgIpc) is 2.45. The van der Waals surface area contributed by atoms with Gasteiger partial charge in [-0.15, -0.1) is 0 Å². The Hall–Kier alpha value is -1.09. The summed E-state index contributed by atoms with van der Waals surface area (Å²) in [5.74, 6) is 2.19. The zero-order chi connectivity index (χ0) is 14.6. The number of aromatic nitrogens is 1. The second-order valence-corrected chi connectivity index (χ2v) is 6.94. The number of ether oxygens (including phenoxy) is 1. The van der Waals surface area contributed by atoms with Gasteiger partial charge in [-0.2, -0.15) is 0 Å². The molecule has 1 aromatic heterocycles. The predicted octanol–water partition coefficient (Wildman–Crippen LogP) is 3.75. The molecule has 1 aromatic rings. The van der Waals surface area contributed by atoms with Crippen LogP contribution >= 0.6 is 0 Å². The fourth-order valence-electron chi connectivity index (χ4n) is 3.08. The van der Waals surface area contributed by atoms with E-state index < -0.39 is 0 Å². The van der Waals surface area contributed by atoms with Crippen molar-refractivity contribution in [1.82, 2.24) is 10.3 Å². The van der Waals surface area contributed by atoms with Crippen molar-refractivity contribution in [1.29, 1.82) is 0 Å². The van der Waals surface area contributed by atoms with Crippen molar-refractivity contribution in [3.63, 3.8) is 0 Å². The molecule has 0 radical (unpaired) electrons. The van der Waals surface area contributed by atoms with Crippen LogP contribution < -0.4 is 10.1 Å². The number of hydrogen-bond donors (Lipinski definition) is 1. The Kier molecular flexibility index (Phi) is 5.03. The molecule has 1 aliphatic rings. The van der Waals surface area contributed by atoms with Crippen LogP contribution in [-0.2, 0) is 0 Å². The smallest absolute Gasteiger partial charge is 0.137 e. The van der Waals surface area contributed by atoms with Crippen molar-refractivity contribution in [3.8, 4) is 5.75 Å². The first kappa shape index (κ1) is 15.3. The molecule has 0 aromatic carbocycles. The van der Waals surface area contributed by atoms with Crippen LogP contribution in [0.2, 0.25) is 0 Å². The minimum atomic E-state index is 0.189. The normalized spacial score (nSPS) is 23.6. The van der Waals surface area contributed by atoms with Crippen molar-refractivity contribution in [2.45, 2.75) is 57.9 Å². The molecule has 112 valence electrons. The highest BCUT2D eigenvalue weighted by Crippen LogP contribution is 2.38. The summed E-state index contributed by atoms with van der Waals surface area (Å²) in [7, 11) is 1.71. The molecule has 2 rings (SSSR count). The van der Waals surface area contributed by atoms with Crippen LogP contribution in [0.15, 0.2) is 18.5 Å². The Labute approximate surface area is 123 Å². The molecule has 3 heteroatoms.